The molecule has 0 bridgehead atoms. The minimum atomic E-state index is -0.453. The zero-order valence-electron chi connectivity index (χ0n) is 18.9. The number of rotatable bonds is 5. The molecular formula is C26H22FN5O2. The summed E-state index contributed by atoms with van der Waals surface area (Å²) in [5.74, 6) is 0.224. The number of carbonyl (C=O) groups excluding carboxylic acids is 1. The van der Waals surface area contributed by atoms with E-state index < -0.39 is 11.7 Å². The molecule has 1 N–H and O–H groups in total. The molecule has 5 rings (SSSR count). The summed E-state index contributed by atoms with van der Waals surface area (Å²) in [6.45, 7) is 5.47. The van der Waals surface area contributed by atoms with Crippen LogP contribution in [0.5, 0.6) is 0 Å². The summed E-state index contributed by atoms with van der Waals surface area (Å²) < 4.78 is 21.9. The van der Waals surface area contributed by atoms with Crippen LogP contribution in [0.2, 0.25) is 0 Å². The average Bonchev–Trinajstić information content (AvgIpc) is 3.42. The van der Waals surface area contributed by atoms with Gasteiger partial charge >= 0.3 is 0 Å². The Kier molecular flexibility index (Phi) is 5.41. The third-order valence-electron chi connectivity index (χ3n) is 5.74. The van der Waals surface area contributed by atoms with Crippen LogP contribution in [0.3, 0.4) is 0 Å². The van der Waals surface area contributed by atoms with Gasteiger partial charge in [-0.25, -0.2) is 19.3 Å². The highest BCUT2D eigenvalue weighted by Gasteiger charge is 2.18. The Balaban J connectivity index is 1.45. The number of hydrogen-bond donors (Lipinski definition) is 1. The largest absolute Gasteiger partial charge is 0.436 e. The number of nitrogens with one attached hydrogen (secondary N) is 1. The maximum Gasteiger partial charge on any atom is 0.293 e. The zero-order valence-corrected chi connectivity index (χ0v) is 18.9. The van der Waals surface area contributed by atoms with Gasteiger partial charge in [0, 0.05) is 42.7 Å². The van der Waals surface area contributed by atoms with E-state index in [0.717, 1.165) is 5.56 Å². The van der Waals surface area contributed by atoms with Crippen LogP contribution < -0.4 is 5.32 Å². The summed E-state index contributed by atoms with van der Waals surface area (Å²) in [4.78, 5) is 25.6. The molecule has 2 aromatic carbocycles. The van der Waals surface area contributed by atoms with E-state index in [1.807, 2.05) is 24.4 Å². The molecule has 3 heterocycles. The van der Waals surface area contributed by atoms with Gasteiger partial charge in [-0.2, -0.15) is 0 Å². The van der Waals surface area contributed by atoms with Crippen molar-refractivity contribution in [3.05, 3.63) is 101 Å². The van der Waals surface area contributed by atoms with Crippen LogP contribution in [0.1, 0.15) is 46.1 Å². The lowest BCUT2D eigenvalue weighted by molar-refractivity contribution is 0.0994. The summed E-state index contributed by atoms with van der Waals surface area (Å²) in [7, 11) is 0. The summed E-state index contributed by atoms with van der Waals surface area (Å²) in [5.41, 5.74) is 3.77. The predicted molar refractivity (Wildman–Crippen MR) is 126 cm³/mol. The topological polar surface area (TPSA) is 85.3 Å². The Hall–Kier alpha value is -4.33. The number of aryl methyl sites for hydroxylation is 2. The summed E-state index contributed by atoms with van der Waals surface area (Å²) in [5, 5.41) is 2.74. The standard InChI is InChI=1S/C26H22FN5O2/c1-15(18-7-5-4-6-8-18)19-12-28-26-31-23(14-32(26)13-19)21-11-20(9-10-22(21)27)30-25(33)24-16(2)29-17(3)34-24/h4-15H,1-3H3,(H,30,33). The van der Waals surface area contributed by atoms with E-state index in [9.17, 15) is 9.18 Å². The van der Waals surface area contributed by atoms with Gasteiger partial charge in [-0.1, -0.05) is 37.3 Å². The number of benzene rings is 2. The second-order valence-corrected chi connectivity index (χ2v) is 8.15. The minimum Gasteiger partial charge on any atom is -0.436 e. The zero-order chi connectivity index (χ0) is 23.8. The first-order chi connectivity index (χ1) is 16.4. The number of imidazole rings is 1. The first kappa shape index (κ1) is 21.5. The molecule has 0 aliphatic carbocycles. The van der Waals surface area contributed by atoms with Gasteiger partial charge in [-0.05, 0) is 36.2 Å². The monoisotopic (exact) mass is 455 g/mol. The molecule has 1 amide bonds. The van der Waals surface area contributed by atoms with Crippen molar-refractivity contribution < 1.29 is 13.6 Å². The van der Waals surface area contributed by atoms with Gasteiger partial charge in [-0.15, -0.1) is 0 Å². The lowest BCUT2D eigenvalue weighted by Gasteiger charge is -2.11. The number of hydrogen-bond acceptors (Lipinski definition) is 5. The van der Waals surface area contributed by atoms with Gasteiger partial charge in [0.25, 0.3) is 5.91 Å². The number of oxazole rings is 1. The van der Waals surface area contributed by atoms with Gasteiger partial charge in [0.15, 0.2) is 5.89 Å². The maximum atomic E-state index is 14.7. The Labute approximate surface area is 195 Å². The van der Waals surface area contributed by atoms with Gasteiger partial charge in [0.1, 0.15) is 5.82 Å². The summed E-state index contributed by atoms with van der Waals surface area (Å²) in [6, 6.07) is 14.5. The number of anilines is 1. The molecule has 0 fully saturated rings. The quantitative estimate of drug-likeness (QED) is 0.376. The van der Waals surface area contributed by atoms with Crippen molar-refractivity contribution in [1.82, 2.24) is 19.4 Å². The van der Waals surface area contributed by atoms with Crippen LogP contribution in [-0.4, -0.2) is 25.3 Å². The van der Waals surface area contributed by atoms with Crippen molar-refractivity contribution >= 4 is 17.4 Å². The van der Waals surface area contributed by atoms with Gasteiger partial charge in [0.05, 0.1) is 11.4 Å². The number of fused-ring (bicyclic) bond motifs is 1. The fourth-order valence-corrected chi connectivity index (χ4v) is 3.92. The molecule has 3 aromatic heterocycles. The van der Waals surface area contributed by atoms with E-state index in [1.165, 1.54) is 17.7 Å². The molecule has 8 heteroatoms. The lowest BCUT2D eigenvalue weighted by Crippen LogP contribution is -2.12. The highest BCUT2D eigenvalue weighted by atomic mass is 19.1. The van der Waals surface area contributed by atoms with Crippen molar-refractivity contribution in [1.29, 1.82) is 0 Å². The molecule has 0 saturated carbocycles. The second kappa shape index (κ2) is 8.55. The molecule has 0 spiro atoms. The first-order valence-corrected chi connectivity index (χ1v) is 10.8. The molecule has 170 valence electrons. The van der Waals surface area contributed by atoms with Crippen LogP contribution in [0.4, 0.5) is 10.1 Å². The highest BCUT2D eigenvalue weighted by Crippen LogP contribution is 2.28. The summed E-state index contributed by atoms with van der Waals surface area (Å²) in [6.07, 6.45) is 5.48. The van der Waals surface area contributed by atoms with E-state index in [4.69, 9.17) is 4.42 Å². The lowest BCUT2D eigenvalue weighted by atomic mass is 9.95. The molecule has 1 unspecified atom stereocenters. The van der Waals surface area contributed by atoms with E-state index in [1.54, 1.807) is 36.7 Å². The molecule has 0 aliphatic rings. The molecular weight excluding hydrogens is 433 g/mol. The predicted octanol–water partition coefficient (Wildman–Crippen LogP) is 5.54. The SMILES string of the molecule is Cc1nc(C)c(C(=O)Nc2ccc(F)c(-c3cn4cc(C(C)c5ccccc5)cnc4n3)c2)o1. The number of carbonyl (C=O) groups is 1. The normalized spacial score (nSPS) is 12.1. The fourth-order valence-electron chi connectivity index (χ4n) is 3.92. The molecule has 7 nitrogen and oxygen atoms in total. The van der Waals surface area contributed by atoms with E-state index in [-0.39, 0.29) is 17.2 Å². The molecule has 1 atom stereocenters. The van der Waals surface area contributed by atoms with Crippen LogP contribution in [0.25, 0.3) is 17.0 Å². The van der Waals surface area contributed by atoms with Crippen molar-refractivity contribution in [2.24, 2.45) is 0 Å². The Morgan fingerprint density at radius 3 is 2.59 bits per heavy atom. The third kappa shape index (κ3) is 4.05. The smallest absolute Gasteiger partial charge is 0.293 e. The van der Waals surface area contributed by atoms with Crippen molar-refractivity contribution in [3.8, 4) is 11.3 Å². The number of nitrogens with zero attached hydrogens (tertiary/aromatic N) is 4. The van der Waals surface area contributed by atoms with Crippen LogP contribution >= 0.6 is 0 Å². The Bertz CT molecular complexity index is 1510. The molecule has 0 saturated heterocycles. The summed E-state index contributed by atoms with van der Waals surface area (Å²) >= 11 is 0. The van der Waals surface area contributed by atoms with Crippen LogP contribution in [0.15, 0.2) is 71.5 Å². The van der Waals surface area contributed by atoms with E-state index in [0.29, 0.717) is 28.7 Å². The Morgan fingerprint density at radius 2 is 1.85 bits per heavy atom. The highest BCUT2D eigenvalue weighted by molar-refractivity contribution is 6.03. The number of aromatic nitrogens is 4. The molecule has 0 radical (unpaired) electrons. The van der Waals surface area contributed by atoms with Crippen molar-refractivity contribution in [2.75, 3.05) is 5.32 Å². The fraction of sp³-hybridized carbons (Fsp3) is 0.154. The number of halogens is 1. The van der Waals surface area contributed by atoms with E-state index in [2.05, 4.69) is 39.3 Å². The molecule has 5 aromatic rings. The van der Waals surface area contributed by atoms with Gasteiger partial charge in [-0.3, -0.25) is 9.20 Å². The minimum absolute atomic E-state index is 0.125. The van der Waals surface area contributed by atoms with Crippen LogP contribution in [-0.2, 0) is 0 Å². The van der Waals surface area contributed by atoms with Gasteiger partial charge in [0.2, 0.25) is 11.5 Å². The molecule has 34 heavy (non-hydrogen) atoms. The van der Waals surface area contributed by atoms with Crippen molar-refractivity contribution in [3.63, 3.8) is 0 Å². The van der Waals surface area contributed by atoms with Crippen molar-refractivity contribution in [2.45, 2.75) is 26.7 Å². The molecule has 0 aliphatic heterocycles. The number of amides is 1. The first-order valence-electron chi connectivity index (χ1n) is 10.8. The maximum absolute atomic E-state index is 14.7. The Morgan fingerprint density at radius 1 is 1.06 bits per heavy atom. The van der Waals surface area contributed by atoms with Crippen LogP contribution in [0, 0.1) is 19.7 Å². The second-order valence-electron chi connectivity index (χ2n) is 8.15. The van der Waals surface area contributed by atoms with Gasteiger partial charge < -0.3 is 9.73 Å². The van der Waals surface area contributed by atoms with E-state index >= 15 is 0 Å². The third-order valence-corrected chi connectivity index (χ3v) is 5.74. The average molecular weight is 455 g/mol.